The van der Waals surface area contributed by atoms with Gasteiger partial charge in [-0.1, -0.05) is 54.1 Å². The number of hydrogen-bond donors (Lipinski definition) is 1. The number of rotatable bonds is 6. The van der Waals surface area contributed by atoms with E-state index >= 15 is 0 Å². The van der Waals surface area contributed by atoms with Gasteiger partial charge in [-0.25, -0.2) is 0 Å². The molecule has 1 heterocycles. The van der Waals surface area contributed by atoms with Crippen LogP contribution in [0.25, 0.3) is 5.76 Å². The summed E-state index contributed by atoms with van der Waals surface area (Å²) in [6.45, 7) is 0.0242. The smallest absolute Gasteiger partial charge is 0.295 e. The Morgan fingerprint density at radius 1 is 1.07 bits per heavy atom. The molecule has 2 aromatic rings. The molecule has 7 heteroatoms. The van der Waals surface area contributed by atoms with Gasteiger partial charge in [-0.15, -0.1) is 0 Å². The van der Waals surface area contributed by atoms with Crippen LogP contribution in [0.3, 0.4) is 0 Å². The first kappa shape index (κ1) is 20.1. The predicted molar refractivity (Wildman–Crippen MR) is 105 cm³/mol. The Morgan fingerprint density at radius 3 is 2.25 bits per heavy atom. The van der Waals surface area contributed by atoms with Crippen molar-refractivity contribution in [1.29, 1.82) is 0 Å². The normalized spacial score (nSPS) is 18.9. The van der Waals surface area contributed by atoms with E-state index in [1.807, 2.05) is 0 Å². The molecule has 0 bridgehead atoms. The van der Waals surface area contributed by atoms with Crippen LogP contribution in [0.15, 0.2) is 60.2 Å². The number of carbonyl (C=O) groups excluding carboxylic acids is 2. The molecule has 1 saturated heterocycles. The molecule has 1 atom stereocenters. The third-order valence-corrected chi connectivity index (χ3v) is 4.90. The minimum Gasteiger partial charge on any atom is -0.507 e. The fraction of sp³-hybridized carbons (Fsp3) is 0.238. The lowest BCUT2D eigenvalue weighted by atomic mass is 9.95. The summed E-state index contributed by atoms with van der Waals surface area (Å²) in [5.41, 5.74) is 1.12. The van der Waals surface area contributed by atoms with E-state index in [1.54, 1.807) is 54.6 Å². The average Bonchev–Trinajstić information content (AvgIpc) is 2.97. The summed E-state index contributed by atoms with van der Waals surface area (Å²) in [5, 5.41) is 11.4. The summed E-state index contributed by atoms with van der Waals surface area (Å²) < 4.78 is 10.4. The number of aliphatic hydroxyl groups is 1. The molecule has 0 saturated carbocycles. The first-order valence-electron chi connectivity index (χ1n) is 8.62. The van der Waals surface area contributed by atoms with Gasteiger partial charge in [0.25, 0.3) is 11.7 Å². The van der Waals surface area contributed by atoms with Crippen LogP contribution in [0.1, 0.15) is 17.2 Å². The van der Waals surface area contributed by atoms with E-state index in [9.17, 15) is 14.7 Å². The van der Waals surface area contributed by atoms with Gasteiger partial charge >= 0.3 is 0 Å². The average molecular weight is 402 g/mol. The standard InChI is InChI=1S/C21H20ClNO5/c1-27-16(28-2)12-23-18(13-8-10-15(22)11-9-13)17(20(25)21(23)26)19(24)14-6-4-3-5-7-14/h3-11,16,18,24H,12H2,1-2H3/t18-/m1/s1. The molecule has 1 fully saturated rings. The molecular weight excluding hydrogens is 382 g/mol. The minimum atomic E-state index is -0.787. The molecule has 6 nitrogen and oxygen atoms in total. The van der Waals surface area contributed by atoms with Crippen molar-refractivity contribution in [3.63, 3.8) is 0 Å². The van der Waals surface area contributed by atoms with E-state index in [0.717, 1.165) is 0 Å². The first-order chi connectivity index (χ1) is 13.5. The lowest BCUT2D eigenvalue weighted by Gasteiger charge is -2.28. The van der Waals surface area contributed by atoms with Crippen molar-refractivity contribution in [2.24, 2.45) is 0 Å². The largest absolute Gasteiger partial charge is 0.507 e. The number of methoxy groups -OCH3 is 2. The number of ketones is 1. The molecule has 1 aliphatic rings. The van der Waals surface area contributed by atoms with Crippen molar-refractivity contribution in [3.8, 4) is 0 Å². The highest BCUT2D eigenvalue weighted by Crippen LogP contribution is 2.39. The molecule has 1 amide bonds. The molecule has 2 aromatic carbocycles. The number of benzene rings is 2. The lowest BCUT2D eigenvalue weighted by Crippen LogP contribution is -2.38. The molecule has 1 N–H and O–H groups in total. The van der Waals surface area contributed by atoms with Gasteiger partial charge in [-0.2, -0.15) is 0 Å². The van der Waals surface area contributed by atoms with E-state index in [4.69, 9.17) is 21.1 Å². The molecule has 0 spiro atoms. The maximum atomic E-state index is 12.8. The molecule has 0 aromatic heterocycles. The third-order valence-electron chi connectivity index (χ3n) is 4.64. The lowest BCUT2D eigenvalue weighted by molar-refractivity contribution is -0.149. The van der Waals surface area contributed by atoms with Gasteiger partial charge in [0.1, 0.15) is 5.76 Å². The Balaban J connectivity index is 2.15. The Kier molecular flexibility index (Phi) is 6.14. The van der Waals surface area contributed by atoms with E-state index in [0.29, 0.717) is 16.1 Å². The second-order valence-electron chi connectivity index (χ2n) is 6.27. The highest BCUT2D eigenvalue weighted by Gasteiger charge is 2.46. The number of halogens is 1. The predicted octanol–water partition coefficient (Wildman–Crippen LogP) is 3.38. The van der Waals surface area contributed by atoms with Crippen molar-refractivity contribution in [3.05, 3.63) is 76.3 Å². The maximum absolute atomic E-state index is 12.8. The SMILES string of the molecule is COC(CN1C(=O)C(=O)C(=C(O)c2ccccc2)[C@H]1c1ccc(Cl)cc1)OC. The first-order valence-corrected chi connectivity index (χ1v) is 9.00. The van der Waals surface area contributed by atoms with Crippen molar-refractivity contribution in [2.75, 3.05) is 20.8 Å². The number of amides is 1. The molecule has 146 valence electrons. The Morgan fingerprint density at radius 2 is 1.68 bits per heavy atom. The van der Waals surface area contributed by atoms with Crippen molar-refractivity contribution < 1.29 is 24.2 Å². The van der Waals surface area contributed by atoms with Crippen LogP contribution >= 0.6 is 11.6 Å². The van der Waals surface area contributed by atoms with Gasteiger partial charge in [0.05, 0.1) is 18.2 Å². The van der Waals surface area contributed by atoms with Gasteiger partial charge < -0.3 is 19.5 Å². The Hall–Kier alpha value is -2.67. The molecule has 0 radical (unpaired) electrons. The summed E-state index contributed by atoms with van der Waals surface area (Å²) in [4.78, 5) is 26.9. The second-order valence-corrected chi connectivity index (χ2v) is 6.71. The highest BCUT2D eigenvalue weighted by atomic mass is 35.5. The van der Waals surface area contributed by atoms with Gasteiger partial charge in [-0.05, 0) is 17.7 Å². The van der Waals surface area contributed by atoms with Crippen LogP contribution < -0.4 is 0 Å². The molecule has 3 rings (SSSR count). The zero-order chi connectivity index (χ0) is 20.3. The fourth-order valence-electron chi connectivity index (χ4n) is 3.22. The van der Waals surface area contributed by atoms with Crippen LogP contribution in [-0.2, 0) is 19.1 Å². The quantitative estimate of drug-likeness (QED) is 0.347. The summed E-state index contributed by atoms with van der Waals surface area (Å²) in [6.07, 6.45) is -0.718. The monoisotopic (exact) mass is 401 g/mol. The van der Waals surface area contributed by atoms with Crippen LogP contribution in [0.2, 0.25) is 5.02 Å². The zero-order valence-corrected chi connectivity index (χ0v) is 16.2. The topological polar surface area (TPSA) is 76.1 Å². The summed E-state index contributed by atoms with van der Waals surface area (Å²) >= 11 is 5.99. The van der Waals surface area contributed by atoms with Gasteiger partial charge in [0, 0.05) is 24.8 Å². The van der Waals surface area contributed by atoms with Crippen LogP contribution in [-0.4, -0.2) is 48.8 Å². The Labute approximate surface area is 167 Å². The number of ether oxygens (including phenoxy) is 2. The Bertz CT molecular complexity index is 891. The number of carbonyl (C=O) groups is 2. The van der Waals surface area contributed by atoms with Crippen molar-refractivity contribution in [1.82, 2.24) is 4.90 Å². The number of aliphatic hydroxyl groups excluding tert-OH is 1. The van der Waals surface area contributed by atoms with E-state index < -0.39 is 24.0 Å². The van der Waals surface area contributed by atoms with Gasteiger partial charge in [-0.3, -0.25) is 9.59 Å². The maximum Gasteiger partial charge on any atom is 0.295 e. The highest BCUT2D eigenvalue weighted by molar-refractivity contribution is 6.46. The van der Waals surface area contributed by atoms with Crippen LogP contribution in [0.5, 0.6) is 0 Å². The van der Waals surface area contributed by atoms with E-state index in [1.165, 1.54) is 19.1 Å². The van der Waals surface area contributed by atoms with Gasteiger partial charge in [0.15, 0.2) is 6.29 Å². The third kappa shape index (κ3) is 3.80. The second kappa shape index (κ2) is 8.56. The molecule has 1 aliphatic heterocycles. The van der Waals surface area contributed by atoms with Gasteiger partial charge in [0.2, 0.25) is 0 Å². The molecule has 0 unspecified atom stereocenters. The molecule has 28 heavy (non-hydrogen) atoms. The fourth-order valence-corrected chi connectivity index (χ4v) is 3.34. The molecular formula is C21H20ClNO5. The van der Waals surface area contributed by atoms with E-state index in [2.05, 4.69) is 0 Å². The summed E-state index contributed by atoms with van der Waals surface area (Å²) in [7, 11) is 2.90. The number of hydrogen-bond acceptors (Lipinski definition) is 5. The number of likely N-dealkylation sites (tertiary alicyclic amines) is 1. The van der Waals surface area contributed by atoms with E-state index in [-0.39, 0.29) is 17.9 Å². The number of Topliss-reactive ketones (excluding diaryl/α,β-unsaturated/α-hetero) is 1. The van der Waals surface area contributed by atoms with Crippen molar-refractivity contribution >= 4 is 29.1 Å². The molecule has 0 aliphatic carbocycles. The zero-order valence-electron chi connectivity index (χ0n) is 15.5. The van der Waals surface area contributed by atoms with Crippen molar-refractivity contribution in [2.45, 2.75) is 12.3 Å². The van der Waals surface area contributed by atoms with Crippen LogP contribution in [0.4, 0.5) is 0 Å². The van der Waals surface area contributed by atoms with Crippen LogP contribution in [0, 0.1) is 0 Å². The minimum absolute atomic E-state index is 0.0180. The number of nitrogens with zero attached hydrogens (tertiary/aromatic N) is 1. The summed E-state index contributed by atoms with van der Waals surface area (Å²) in [5.74, 6) is -1.71. The summed E-state index contributed by atoms with van der Waals surface area (Å²) in [6, 6.07) is 14.6.